The first kappa shape index (κ1) is 17.9. The highest BCUT2D eigenvalue weighted by molar-refractivity contribution is 7.13. The summed E-state index contributed by atoms with van der Waals surface area (Å²) in [4.78, 5) is 16.3. The smallest absolute Gasteiger partial charge is 0.378 e. The minimum absolute atomic E-state index is 0.191. The van der Waals surface area contributed by atoms with Crippen molar-refractivity contribution in [3.05, 3.63) is 40.9 Å². The van der Waals surface area contributed by atoms with Crippen molar-refractivity contribution in [2.45, 2.75) is 31.5 Å². The first-order chi connectivity index (χ1) is 11.9. The van der Waals surface area contributed by atoms with Crippen molar-refractivity contribution in [2.24, 2.45) is 0 Å². The molecule has 0 aliphatic carbocycles. The number of nitrogens with zero attached hydrogens (tertiary/aromatic N) is 1. The Labute approximate surface area is 147 Å². The van der Waals surface area contributed by atoms with E-state index in [-0.39, 0.29) is 17.7 Å². The van der Waals surface area contributed by atoms with E-state index in [9.17, 15) is 18.0 Å². The van der Waals surface area contributed by atoms with Crippen LogP contribution in [0.3, 0.4) is 0 Å². The molecule has 1 amide bonds. The van der Waals surface area contributed by atoms with E-state index in [0.717, 1.165) is 49.3 Å². The maximum absolute atomic E-state index is 12.8. The minimum atomic E-state index is -4.41. The molecule has 1 unspecified atom stereocenters. The number of halogens is 3. The SMILES string of the molecule is O=C(NCCC1CCCO1)c1csc(-c2cccc(C(F)(F)F)c2)n1. The van der Waals surface area contributed by atoms with Gasteiger partial charge in [0.05, 0.1) is 11.7 Å². The molecule has 1 atom stereocenters. The summed E-state index contributed by atoms with van der Waals surface area (Å²) in [6.07, 6.45) is -1.42. The van der Waals surface area contributed by atoms with Crippen LogP contribution in [0.1, 0.15) is 35.3 Å². The fourth-order valence-electron chi connectivity index (χ4n) is 2.65. The van der Waals surface area contributed by atoms with Gasteiger partial charge in [0, 0.05) is 24.1 Å². The Bertz CT molecular complexity index is 739. The summed E-state index contributed by atoms with van der Waals surface area (Å²) in [5.74, 6) is -0.326. The van der Waals surface area contributed by atoms with Crippen molar-refractivity contribution in [2.75, 3.05) is 13.2 Å². The third-order valence-corrected chi connectivity index (χ3v) is 4.84. The van der Waals surface area contributed by atoms with Crippen LogP contribution in [0.5, 0.6) is 0 Å². The number of carbonyl (C=O) groups is 1. The van der Waals surface area contributed by atoms with Crippen molar-refractivity contribution in [3.63, 3.8) is 0 Å². The summed E-state index contributed by atoms with van der Waals surface area (Å²) < 4.78 is 43.9. The van der Waals surface area contributed by atoms with Gasteiger partial charge in [0.15, 0.2) is 0 Å². The number of rotatable bonds is 5. The number of carbonyl (C=O) groups excluding carboxylic acids is 1. The van der Waals surface area contributed by atoms with E-state index in [1.807, 2.05) is 0 Å². The lowest BCUT2D eigenvalue weighted by atomic mass is 10.1. The molecule has 0 saturated carbocycles. The fraction of sp³-hybridized carbons (Fsp3) is 0.412. The molecule has 1 aliphatic rings. The number of hydrogen-bond acceptors (Lipinski definition) is 4. The molecule has 1 aliphatic heterocycles. The van der Waals surface area contributed by atoms with Gasteiger partial charge in [-0.05, 0) is 31.4 Å². The van der Waals surface area contributed by atoms with Crippen LogP contribution in [-0.2, 0) is 10.9 Å². The number of ether oxygens (including phenoxy) is 1. The molecule has 2 aromatic rings. The lowest BCUT2D eigenvalue weighted by Crippen LogP contribution is -2.27. The van der Waals surface area contributed by atoms with E-state index < -0.39 is 11.7 Å². The monoisotopic (exact) mass is 370 g/mol. The van der Waals surface area contributed by atoms with Crippen LogP contribution < -0.4 is 5.32 Å². The van der Waals surface area contributed by atoms with E-state index in [2.05, 4.69) is 10.3 Å². The zero-order valence-corrected chi connectivity index (χ0v) is 14.1. The molecule has 0 radical (unpaired) electrons. The van der Waals surface area contributed by atoms with Crippen molar-refractivity contribution in [3.8, 4) is 10.6 Å². The Morgan fingerprint density at radius 3 is 2.96 bits per heavy atom. The van der Waals surface area contributed by atoms with Crippen LogP contribution in [-0.4, -0.2) is 30.1 Å². The van der Waals surface area contributed by atoms with Gasteiger partial charge in [0.25, 0.3) is 5.91 Å². The Morgan fingerprint density at radius 1 is 1.40 bits per heavy atom. The Hall–Kier alpha value is -1.93. The molecule has 25 heavy (non-hydrogen) atoms. The molecule has 8 heteroatoms. The number of benzene rings is 1. The summed E-state index contributed by atoms with van der Waals surface area (Å²) in [5, 5.41) is 4.71. The Kier molecular flexibility index (Phi) is 5.39. The maximum atomic E-state index is 12.8. The highest BCUT2D eigenvalue weighted by atomic mass is 32.1. The van der Waals surface area contributed by atoms with Gasteiger partial charge in [0.2, 0.25) is 0 Å². The first-order valence-corrected chi connectivity index (χ1v) is 8.84. The van der Waals surface area contributed by atoms with Gasteiger partial charge in [0.1, 0.15) is 10.7 Å². The molecular formula is C17H17F3N2O2S. The molecule has 0 spiro atoms. The number of alkyl halides is 3. The average molecular weight is 370 g/mol. The van der Waals surface area contributed by atoms with E-state index in [1.165, 1.54) is 6.07 Å². The highest BCUT2D eigenvalue weighted by Gasteiger charge is 2.30. The summed E-state index contributed by atoms with van der Waals surface area (Å²) in [6.45, 7) is 1.25. The molecule has 1 aromatic heterocycles. The van der Waals surface area contributed by atoms with E-state index in [0.29, 0.717) is 17.1 Å². The van der Waals surface area contributed by atoms with Gasteiger partial charge in [-0.1, -0.05) is 12.1 Å². The predicted octanol–water partition coefficient (Wildman–Crippen LogP) is 4.13. The molecule has 1 fully saturated rings. The zero-order chi connectivity index (χ0) is 17.9. The maximum Gasteiger partial charge on any atom is 0.416 e. The zero-order valence-electron chi connectivity index (χ0n) is 13.3. The van der Waals surface area contributed by atoms with Crippen molar-refractivity contribution < 1.29 is 22.7 Å². The molecule has 3 rings (SSSR count). The van der Waals surface area contributed by atoms with Crippen LogP contribution in [0.15, 0.2) is 29.6 Å². The van der Waals surface area contributed by atoms with Crippen LogP contribution >= 0.6 is 11.3 Å². The fourth-order valence-corrected chi connectivity index (χ4v) is 3.45. The van der Waals surface area contributed by atoms with Gasteiger partial charge in [-0.25, -0.2) is 4.98 Å². The van der Waals surface area contributed by atoms with Crippen LogP contribution in [0.2, 0.25) is 0 Å². The normalized spacial score (nSPS) is 17.6. The van der Waals surface area contributed by atoms with E-state index in [1.54, 1.807) is 11.4 Å². The van der Waals surface area contributed by atoms with Crippen LogP contribution in [0, 0.1) is 0 Å². The Morgan fingerprint density at radius 2 is 2.24 bits per heavy atom. The second-order valence-corrected chi connectivity index (χ2v) is 6.65. The molecule has 134 valence electrons. The van der Waals surface area contributed by atoms with Crippen LogP contribution in [0.4, 0.5) is 13.2 Å². The standard InChI is InChI=1S/C17H17F3N2O2S/c18-17(19,20)12-4-1-3-11(9-12)16-22-14(10-25-16)15(23)21-7-6-13-5-2-8-24-13/h1,3-4,9-10,13H,2,5-8H2,(H,21,23). The number of hydrogen-bond donors (Lipinski definition) is 1. The van der Waals surface area contributed by atoms with Crippen LogP contribution in [0.25, 0.3) is 10.6 Å². The lowest BCUT2D eigenvalue weighted by molar-refractivity contribution is -0.137. The molecule has 0 bridgehead atoms. The number of amides is 1. The molecular weight excluding hydrogens is 353 g/mol. The highest BCUT2D eigenvalue weighted by Crippen LogP contribution is 2.33. The quantitative estimate of drug-likeness (QED) is 0.861. The first-order valence-electron chi connectivity index (χ1n) is 7.96. The molecule has 2 heterocycles. The van der Waals surface area contributed by atoms with E-state index >= 15 is 0 Å². The topological polar surface area (TPSA) is 51.2 Å². The second kappa shape index (κ2) is 7.53. The van der Waals surface area contributed by atoms with Gasteiger partial charge in [-0.3, -0.25) is 4.79 Å². The van der Waals surface area contributed by atoms with Gasteiger partial charge in [-0.15, -0.1) is 11.3 Å². The molecule has 1 saturated heterocycles. The van der Waals surface area contributed by atoms with Crippen molar-refractivity contribution >= 4 is 17.2 Å². The Balaban J connectivity index is 1.62. The van der Waals surface area contributed by atoms with Gasteiger partial charge in [-0.2, -0.15) is 13.2 Å². The summed E-state index contributed by atoms with van der Waals surface area (Å²) in [5.41, 5.74) is -0.175. The minimum Gasteiger partial charge on any atom is -0.378 e. The summed E-state index contributed by atoms with van der Waals surface area (Å²) >= 11 is 1.15. The van der Waals surface area contributed by atoms with Gasteiger partial charge >= 0.3 is 6.18 Å². The summed E-state index contributed by atoms with van der Waals surface area (Å²) in [7, 11) is 0. The van der Waals surface area contributed by atoms with E-state index in [4.69, 9.17) is 4.74 Å². The lowest BCUT2D eigenvalue weighted by Gasteiger charge is -2.09. The second-order valence-electron chi connectivity index (χ2n) is 5.80. The van der Waals surface area contributed by atoms with Crippen molar-refractivity contribution in [1.82, 2.24) is 10.3 Å². The number of aromatic nitrogens is 1. The largest absolute Gasteiger partial charge is 0.416 e. The third kappa shape index (κ3) is 4.58. The molecule has 1 aromatic carbocycles. The number of nitrogens with one attached hydrogen (secondary N) is 1. The predicted molar refractivity (Wildman–Crippen MR) is 88.5 cm³/mol. The van der Waals surface area contributed by atoms with Crippen molar-refractivity contribution in [1.29, 1.82) is 0 Å². The average Bonchev–Trinajstić information content (AvgIpc) is 3.26. The van der Waals surface area contributed by atoms with Gasteiger partial charge < -0.3 is 10.1 Å². The number of thiazole rings is 1. The third-order valence-electron chi connectivity index (χ3n) is 3.95. The molecule has 4 nitrogen and oxygen atoms in total. The molecule has 1 N–H and O–H groups in total. The summed E-state index contributed by atoms with van der Waals surface area (Å²) in [6, 6.07) is 4.93.